The van der Waals surface area contributed by atoms with Crippen LogP contribution in [0.2, 0.25) is 0 Å². The van der Waals surface area contributed by atoms with Crippen LogP contribution in [0, 0.1) is 0 Å². The highest BCUT2D eigenvalue weighted by Crippen LogP contribution is 2.11. The van der Waals surface area contributed by atoms with Crippen molar-refractivity contribution >= 4 is 17.2 Å². The van der Waals surface area contributed by atoms with Crippen molar-refractivity contribution in [2.24, 2.45) is 0 Å². The van der Waals surface area contributed by atoms with Crippen molar-refractivity contribution in [2.45, 2.75) is 13.2 Å². The van der Waals surface area contributed by atoms with Crippen molar-refractivity contribution in [1.82, 2.24) is 15.5 Å². The molecule has 0 saturated heterocycles. The second-order valence-electron chi connectivity index (χ2n) is 4.69. The smallest absolute Gasteiger partial charge is 0.272 e. The lowest BCUT2D eigenvalue weighted by molar-refractivity contribution is 0.0946. The number of hydrogen-bond acceptors (Lipinski definition) is 4. The number of benzene rings is 1. The monoisotopic (exact) mass is 313 g/mol. The standard InChI is InChI=1S/C16H15N3O2S/c20-16(17-9-12-6-7-22-11-12)15-8-13(18-19-15)10-21-14-4-2-1-3-5-14/h1-8,11H,9-10H2,(H,17,20)(H,18,19). The van der Waals surface area contributed by atoms with E-state index in [1.54, 1.807) is 17.4 Å². The number of aromatic nitrogens is 2. The molecule has 5 nitrogen and oxygen atoms in total. The Morgan fingerprint density at radius 1 is 1.27 bits per heavy atom. The third kappa shape index (κ3) is 3.73. The maximum atomic E-state index is 12.0. The molecular formula is C16H15N3O2S. The Morgan fingerprint density at radius 3 is 2.91 bits per heavy atom. The highest BCUT2D eigenvalue weighted by Gasteiger charge is 2.10. The summed E-state index contributed by atoms with van der Waals surface area (Å²) in [7, 11) is 0. The van der Waals surface area contributed by atoms with E-state index in [1.807, 2.05) is 47.2 Å². The number of carbonyl (C=O) groups excluding carboxylic acids is 1. The lowest BCUT2D eigenvalue weighted by atomic mass is 10.3. The van der Waals surface area contributed by atoms with E-state index in [4.69, 9.17) is 4.74 Å². The number of H-pyrrole nitrogens is 1. The van der Waals surface area contributed by atoms with Crippen LogP contribution in [0.1, 0.15) is 21.7 Å². The van der Waals surface area contributed by atoms with Crippen LogP contribution in [0.5, 0.6) is 5.75 Å². The minimum Gasteiger partial charge on any atom is -0.487 e. The molecule has 3 aromatic rings. The Balaban J connectivity index is 1.53. The second-order valence-corrected chi connectivity index (χ2v) is 5.47. The van der Waals surface area contributed by atoms with Crippen LogP contribution in [0.15, 0.2) is 53.2 Å². The lowest BCUT2D eigenvalue weighted by Gasteiger charge is -2.03. The molecule has 2 heterocycles. The summed E-state index contributed by atoms with van der Waals surface area (Å²) < 4.78 is 5.60. The van der Waals surface area contributed by atoms with Crippen molar-refractivity contribution in [1.29, 1.82) is 0 Å². The first kappa shape index (κ1) is 14.3. The molecular weight excluding hydrogens is 298 g/mol. The Morgan fingerprint density at radius 2 is 2.14 bits per heavy atom. The molecule has 1 aromatic carbocycles. The van der Waals surface area contributed by atoms with Gasteiger partial charge in [-0.05, 0) is 40.6 Å². The van der Waals surface area contributed by atoms with Crippen LogP contribution in [-0.2, 0) is 13.2 Å². The molecule has 3 rings (SSSR count). The largest absolute Gasteiger partial charge is 0.487 e. The number of ether oxygens (including phenoxy) is 1. The number of nitrogens with one attached hydrogen (secondary N) is 2. The molecule has 112 valence electrons. The zero-order valence-corrected chi connectivity index (χ0v) is 12.6. The minimum atomic E-state index is -0.201. The van der Waals surface area contributed by atoms with Gasteiger partial charge in [-0.2, -0.15) is 16.4 Å². The van der Waals surface area contributed by atoms with Gasteiger partial charge in [0.15, 0.2) is 0 Å². The number of aromatic amines is 1. The molecule has 0 aliphatic heterocycles. The SMILES string of the molecule is O=C(NCc1ccsc1)c1cc(COc2ccccc2)[nH]n1. The highest BCUT2D eigenvalue weighted by atomic mass is 32.1. The Hall–Kier alpha value is -2.60. The molecule has 0 fully saturated rings. The summed E-state index contributed by atoms with van der Waals surface area (Å²) in [5.74, 6) is 0.578. The van der Waals surface area contributed by atoms with Crippen LogP contribution >= 0.6 is 11.3 Å². The summed E-state index contributed by atoms with van der Waals surface area (Å²) in [6.07, 6.45) is 0. The lowest BCUT2D eigenvalue weighted by Crippen LogP contribution is -2.22. The van der Waals surface area contributed by atoms with Crippen molar-refractivity contribution in [3.05, 3.63) is 70.2 Å². The normalized spacial score (nSPS) is 10.4. The van der Waals surface area contributed by atoms with E-state index in [1.165, 1.54) is 0 Å². The highest BCUT2D eigenvalue weighted by molar-refractivity contribution is 7.07. The van der Waals surface area contributed by atoms with Gasteiger partial charge in [0.1, 0.15) is 18.1 Å². The Labute approximate surface area is 132 Å². The van der Waals surface area contributed by atoms with Crippen molar-refractivity contribution in [3.8, 4) is 5.75 Å². The van der Waals surface area contributed by atoms with Crippen LogP contribution in [0.4, 0.5) is 0 Å². The molecule has 2 aromatic heterocycles. The molecule has 0 saturated carbocycles. The molecule has 0 aliphatic carbocycles. The predicted molar refractivity (Wildman–Crippen MR) is 84.9 cm³/mol. The number of carbonyl (C=O) groups is 1. The number of amides is 1. The van der Waals surface area contributed by atoms with Crippen LogP contribution in [-0.4, -0.2) is 16.1 Å². The van der Waals surface area contributed by atoms with Crippen molar-refractivity contribution in [3.63, 3.8) is 0 Å². The van der Waals surface area contributed by atoms with Gasteiger partial charge in [0.25, 0.3) is 5.91 Å². The van der Waals surface area contributed by atoms with E-state index >= 15 is 0 Å². The van der Waals surface area contributed by atoms with Gasteiger partial charge in [-0.1, -0.05) is 18.2 Å². The molecule has 0 radical (unpaired) electrons. The molecule has 0 spiro atoms. The van der Waals surface area contributed by atoms with E-state index in [0.717, 1.165) is 17.0 Å². The van der Waals surface area contributed by atoms with E-state index in [0.29, 0.717) is 18.8 Å². The van der Waals surface area contributed by atoms with Gasteiger partial charge in [-0.3, -0.25) is 9.89 Å². The summed E-state index contributed by atoms with van der Waals surface area (Å²) >= 11 is 1.61. The number of nitrogens with zero attached hydrogens (tertiary/aromatic N) is 1. The molecule has 2 N–H and O–H groups in total. The topological polar surface area (TPSA) is 67.0 Å². The van der Waals surface area contributed by atoms with Crippen LogP contribution < -0.4 is 10.1 Å². The third-order valence-corrected chi connectivity index (χ3v) is 3.77. The fraction of sp³-hybridized carbons (Fsp3) is 0.125. The first-order chi connectivity index (χ1) is 10.8. The average Bonchev–Trinajstić information content (AvgIpc) is 3.23. The van der Waals surface area contributed by atoms with Crippen molar-refractivity contribution in [2.75, 3.05) is 0 Å². The fourth-order valence-electron chi connectivity index (χ4n) is 1.90. The van der Waals surface area contributed by atoms with E-state index in [-0.39, 0.29) is 5.91 Å². The first-order valence-corrected chi connectivity index (χ1v) is 7.77. The van der Waals surface area contributed by atoms with Crippen molar-refractivity contribution < 1.29 is 9.53 Å². The van der Waals surface area contributed by atoms with Gasteiger partial charge in [-0.15, -0.1) is 0 Å². The summed E-state index contributed by atoms with van der Waals surface area (Å²) in [5.41, 5.74) is 2.20. The molecule has 0 unspecified atom stereocenters. The van der Waals surface area contributed by atoms with Gasteiger partial charge in [0, 0.05) is 6.54 Å². The summed E-state index contributed by atoms with van der Waals surface area (Å²) in [4.78, 5) is 12.0. The van der Waals surface area contributed by atoms with E-state index < -0.39 is 0 Å². The quantitative estimate of drug-likeness (QED) is 0.735. The average molecular weight is 313 g/mol. The molecule has 1 amide bonds. The summed E-state index contributed by atoms with van der Waals surface area (Å²) in [6, 6.07) is 13.2. The zero-order valence-electron chi connectivity index (χ0n) is 11.8. The van der Waals surface area contributed by atoms with Crippen LogP contribution in [0.25, 0.3) is 0 Å². The minimum absolute atomic E-state index is 0.201. The molecule has 0 aliphatic rings. The van der Waals surface area contributed by atoms with Gasteiger partial charge in [-0.25, -0.2) is 0 Å². The summed E-state index contributed by atoms with van der Waals surface area (Å²) in [5, 5.41) is 13.6. The fourth-order valence-corrected chi connectivity index (χ4v) is 2.56. The zero-order chi connectivity index (χ0) is 15.2. The summed E-state index contributed by atoms with van der Waals surface area (Å²) in [6.45, 7) is 0.847. The number of rotatable bonds is 6. The van der Waals surface area contributed by atoms with Gasteiger partial charge >= 0.3 is 0 Å². The predicted octanol–water partition coefficient (Wildman–Crippen LogP) is 2.98. The molecule has 6 heteroatoms. The number of para-hydroxylation sites is 1. The molecule has 22 heavy (non-hydrogen) atoms. The van der Waals surface area contributed by atoms with Gasteiger partial charge < -0.3 is 10.1 Å². The number of hydrogen-bond donors (Lipinski definition) is 2. The molecule has 0 atom stereocenters. The Kier molecular flexibility index (Phi) is 4.50. The maximum Gasteiger partial charge on any atom is 0.272 e. The third-order valence-electron chi connectivity index (χ3n) is 3.03. The number of thiophene rings is 1. The van der Waals surface area contributed by atoms with E-state index in [9.17, 15) is 4.79 Å². The second kappa shape index (κ2) is 6.91. The van der Waals surface area contributed by atoms with E-state index in [2.05, 4.69) is 15.5 Å². The Bertz CT molecular complexity index is 723. The van der Waals surface area contributed by atoms with Crippen LogP contribution in [0.3, 0.4) is 0 Å². The van der Waals surface area contributed by atoms with Gasteiger partial charge in [0.2, 0.25) is 0 Å². The molecule has 0 bridgehead atoms. The van der Waals surface area contributed by atoms with Gasteiger partial charge in [0.05, 0.1) is 5.69 Å². The maximum absolute atomic E-state index is 12.0. The first-order valence-electron chi connectivity index (χ1n) is 6.82.